The van der Waals surface area contributed by atoms with E-state index in [9.17, 15) is 0 Å². The van der Waals surface area contributed by atoms with E-state index in [2.05, 4.69) is 26.7 Å². The summed E-state index contributed by atoms with van der Waals surface area (Å²) in [5.41, 5.74) is 1.18. The van der Waals surface area contributed by atoms with Gasteiger partial charge >= 0.3 is 0 Å². The van der Waals surface area contributed by atoms with Crippen LogP contribution in [-0.2, 0) is 0 Å². The molecule has 0 unspecified atom stereocenters. The van der Waals surface area contributed by atoms with Gasteiger partial charge in [0.15, 0.2) is 5.82 Å². The van der Waals surface area contributed by atoms with Crippen molar-refractivity contribution in [3.05, 3.63) is 41.0 Å². The van der Waals surface area contributed by atoms with Crippen molar-refractivity contribution >= 4 is 29.1 Å². The molecule has 0 spiro atoms. The molecule has 6 heteroatoms. The zero-order valence-corrected chi connectivity index (χ0v) is 10.4. The average molecular weight is 260 g/mol. The van der Waals surface area contributed by atoms with Crippen LogP contribution in [0.15, 0.2) is 30.5 Å². The zero-order valence-electron chi connectivity index (χ0n) is 9.61. The highest BCUT2D eigenvalue weighted by atomic mass is 35.5. The summed E-state index contributed by atoms with van der Waals surface area (Å²) in [6.07, 6.45) is 1.50. The highest BCUT2D eigenvalue weighted by molar-refractivity contribution is 6.32. The van der Waals surface area contributed by atoms with Gasteiger partial charge in [-0.3, -0.25) is 0 Å². The minimum Gasteiger partial charge on any atom is -0.357 e. The maximum Gasteiger partial charge on any atom is 0.224 e. The second kappa shape index (κ2) is 5.34. The third-order valence-electron chi connectivity index (χ3n) is 2.27. The lowest BCUT2D eigenvalue weighted by atomic mass is 10.2. The maximum absolute atomic E-state index is 9.00. The van der Waals surface area contributed by atoms with Crippen LogP contribution in [0.2, 0.25) is 5.02 Å². The number of aromatic nitrogens is 2. The predicted molar refractivity (Wildman–Crippen MR) is 71.0 cm³/mol. The van der Waals surface area contributed by atoms with Crippen LogP contribution < -0.4 is 10.6 Å². The lowest BCUT2D eigenvalue weighted by Gasteiger charge is -2.09. The van der Waals surface area contributed by atoms with E-state index in [1.165, 1.54) is 6.20 Å². The Hall–Kier alpha value is -2.32. The van der Waals surface area contributed by atoms with Gasteiger partial charge in [0.05, 0.1) is 17.4 Å². The first-order chi connectivity index (χ1) is 8.74. The molecule has 2 aromatic rings. The first-order valence-corrected chi connectivity index (χ1v) is 5.59. The van der Waals surface area contributed by atoms with Crippen LogP contribution >= 0.6 is 11.6 Å². The molecule has 0 aliphatic rings. The first kappa shape index (κ1) is 12.1. The number of hydrogen-bond donors (Lipinski definition) is 2. The Morgan fingerprint density at radius 2 is 2.11 bits per heavy atom. The highest BCUT2D eigenvalue weighted by Gasteiger charge is 2.07. The Balaban J connectivity index is 2.37. The third-order valence-corrected chi connectivity index (χ3v) is 2.54. The van der Waals surface area contributed by atoms with Crippen LogP contribution in [0.5, 0.6) is 0 Å². The van der Waals surface area contributed by atoms with Crippen molar-refractivity contribution in [1.82, 2.24) is 9.97 Å². The van der Waals surface area contributed by atoms with Gasteiger partial charge < -0.3 is 10.6 Å². The summed E-state index contributed by atoms with van der Waals surface area (Å²) in [6.45, 7) is 0. The molecule has 0 aliphatic heterocycles. The number of halogens is 1. The number of hydrogen-bond acceptors (Lipinski definition) is 5. The fourth-order valence-electron chi connectivity index (χ4n) is 1.39. The summed E-state index contributed by atoms with van der Waals surface area (Å²) in [6, 6.07) is 9.23. The van der Waals surface area contributed by atoms with Crippen LogP contribution in [-0.4, -0.2) is 17.0 Å². The van der Waals surface area contributed by atoms with E-state index in [0.717, 1.165) is 0 Å². The van der Waals surface area contributed by atoms with Gasteiger partial charge in [-0.25, -0.2) is 4.98 Å². The molecule has 0 amide bonds. The van der Waals surface area contributed by atoms with Crippen molar-refractivity contribution in [3.8, 4) is 6.07 Å². The molecule has 2 N–H and O–H groups in total. The van der Waals surface area contributed by atoms with Crippen molar-refractivity contribution < 1.29 is 0 Å². The zero-order chi connectivity index (χ0) is 13.0. The molecule has 1 aromatic carbocycles. The summed E-state index contributed by atoms with van der Waals surface area (Å²) in [4.78, 5) is 8.17. The maximum atomic E-state index is 9.00. The third kappa shape index (κ3) is 2.50. The van der Waals surface area contributed by atoms with E-state index in [1.807, 2.05) is 6.07 Å². The molecule has 90 valence electrons. The summed E-state index contributed by atoms with van der Waals surface area (Å²) >= 11 is 6.00. The fraction of sp³-hybridized carbons (Fsp3) is 0.0833. The summed E-state index contributed by atoms with van der Waals surface area (Å²) in [5.74, 6) is 0.912. The number of nitriles is 1. The number of para-hydroxylation sites is 1. The molecule has 0 saturated carbocycles. The van der Waals surface area contributed by atoms with Crippen LogP contribution in [0.3, 0.4) is 0 Å². The number of nitrogens with zero attached hydrogens (tertiary/aromatic N) is 3. The highest BCUT2D eigenvalue weighted by Crippen LogP contribution is 2.25. The van der Waals surface area contributed by atoms with Gasteiger partial charge in [0, 0.05) is 7.05 Å². The number of rotatable bonds is 3. The Kier molecular flexibility index (Phi) is 3.60. The van der Waals surface area contributed by atoms with Gasteiger partial charge in [-0.15, -0.1) is 0 Å². The van der Waals surface area contributed by atoms with Gasteiger partial charge in [0.2, 0.25) is 5.95 Å². The van der Waals surface area contributed by atoms with E-state index in [-0.39, 0.29) is 0 Å². The Bertz CT molecular complexity index is 606. The molecule has 5 nitrogen and oxygen atoms in total. The van der Waals surface area contributed by atoms with E-state index < -0.39 is 0 Å². The quantitative estimate of drug-likeness (QED) is 0.887. The molecular formula is C12H10ClN5. The molecule has 0 aliphatic carbocycles. The topological polar surface area (TPSA) is 73.6 Å². The molecule has 0 bridgehead atoms. The molecule has 0 atom stereocenters. The summed E-state index contributed by atoms with van der Waals surface area (Å²) < 4.78 is 0. The van der Waals surface area contributed by atoms with Gasteiger partial charge in [0.25, 0.3) is 0 Å². The molecule has 0 saturated heterocycles. The lowest BCUT2D eigenvalue weighted by Crippen LogP contribution is -2.01. The van der Waals surface area contributed by atoms with Gasteiger partial charge in [-0.1, -0.05) is 23.7 Å². The largest absolute Gasteiger partial charge is 0.357 e. The minimum absolute atomic E-state index is 0.391. The molecule has 2 rings (SSSR count). The standard InChI is InChI=1S/C12H10ClN5/c1-15-12-16-7-9(13)11(18-12)17-10-5-3-2-4-8(10)6-14/h2-5,7H,1H3,(H2,15,16,17,18). The molecule has 0 fully saturated rings. The van der Waals surface area contributed by atoms with Crippen molar-refractivity contribution in [2.75, 3.05) is 17.7 Å². The van der Waals surface area contributed by atoms with E-state index in [0.29, 0.717) is 28.0 Å². The molecular weight excluding hydrogens is 250 g/mol. The van der Waals surface area contributed by atoms with Crippen LogP contribution in [0.25, 0.3) is 0 Å². The monoisotopic (exact) mass is 259 g/mol. The van der Waals surface area contributed by atoms with Crippen LogP contribution in [0.1, 0.15) is 5.56 Å². The number of benzene rings is 1. The smallest absolute Gasteiger partial charge is 0.224 e. The Labute approximate surface area is 109 Å². The predicted octanol–water partition coefficient (Wildman–Crippen LogP) is 2.79. The number of anilines is 3. The molecule has 18 heavy (non-hydrogen) atoms. The minimum atomic E-state index is 0.391. The summed E-state index contributed by atoms with van der Waals surface area (Å²) in [7, 11) is 1.72. The van der Waals surface area contributed by atoms with Gasteiger partial charge in [0.1, 0.15) is 11.1 Å². The molecule has 1 aromatic heterocycles. The van der Waals surface area contributed by atoms with Crippen molar-refractivity contribution in [2.45, 2.75) is 0 Å². The van der Waals surface area contributed by atoms with Crippen LogP contribution in [0, 0.1) is 11.3 Å². The number of nitrogens with one attached hydrogen (secondary N) is 2. The second-order valence-corrected chi connectivity index (χ2v) is 3.83. The summed E-state index contributed by atoms with van der Waals surface area (Å²) in [5, 5.41) is 15.2. The van der Waals surface area contributed by atoms with Crippen molar-refractivity contribution in [3.63, 3.8) is 0 Å². The van der Waals surface area contributed by atoms with Crippen LogP contribution in [0.4, 0.5) is 17.5 Å². The van der Waals surface area contributed by atoms with E-state index in [1.54, 1.807) is 25.2 Å². The first-order valence-electron chi connectivity index (χ1n) is 5.21. The average Bonchev–Trinajstić information content (AvgIpc) is 2.42. The van der Waals surface area contributed by atoms with E-state index >= 15 is 0 Å². The normalized spacial score (nSPS) is 9.61. The van der Waals surface area contributed by atoms with Crippen molar-refractivity contribution in [2.24, 2.45) is 0 Å². The SMILES string of the molecule is CNc1ncc(Cl)c(Nc2ccccc2C#N)n1. The van der Waals surface area contributed by atoms with Crippen molar-refractivity contribution in [1.29, 1.82) is 5.26 Å². The van der Waals surface area contributed by atoms with Gasteiger partial charge in [-0.2, -0.15) is 10.2 Å². The Morgan fingerprint density at radius 1 is 1.33 bits per heavy atom. The Morgan fingerprint density at radius 3 is 2.83 bits per heavy atom. The second-order valence-electron chi connectivity index (χ2n) is 3.42. The molecule has 1 heterocycles. The van der Waals surface area contributed by atoms with E-state index in [4.69, 9.17) is 16.9 Å². The van der Waals surface area contributed by atoms with Gasteiger partial charge in [-0.05, 0) is 12.1 Å². The lowest BCUT2D eigenvalue weighted by molar-refractivity contribution is 1.15. The fourth-order valence-corrected chi connectivity index (χ4v) is 1.53. The molecule has 0 radical (unpaired) electrons.